The first-order valence-electron chi connectivity index (χ1n) is 8.95. The van der Waals surface area contributed by atoms with Crippen molar-refractivity contribution in [2.45, 2.75) is 13.3 Å². The summed E-state index contributed by atoms with van der Waals surface area (Å²) in [5.41, 5.74) is 2.58. The average Bonchev–Trinajstić information content (AvgIpc) is 2.95. The molecule has 7 heteroatoms. The van der Waals surface area contributed by atoms with Crippen molar-refractivity contribution in [2.24, 2.45) is 7.05 Å². The molecule has 2 aromatic rings. The number of aryl methyl sites for hydroxylation is 2. The standard InChI is InChI=1S/C20H25N3O4/c1-14-13-21(2)17(19(14)20(25)26)12-18(24)23-10-8-22(9-11-23)15-4-6-16(27-3)7-5-15/h4-7,13H,8-12H2,1-3H3,(H,25,26). The Morgan fingerprint density at radius 1 is 1.11 bits per heavy atom. The Bertz CT molecular complexity index is 834. The van der Waals surface area contributed by atoms with E-state index in [1.807, 2.05) is 29.2 Å². The highest BCUT2D eigenvalue weighted by Crippen LogP contribution is 2.21. The van der Waals surface area contributed by atoms with E-state index in [0.29, 0.717) is 24.3 Å². The summed E-state index contributed by atoms with van der Waals surface area (Å²) in [6.07, 6.45) is 1.86. The Balaban J connectivity index is 1.63. The lowest BCUT2D eigenvalue weighted by molar-refractivity contribution is -0.130. The molecule has 1 aliphatic rings. The van der Waals surface area contributed by atoms with Crippen molar-refractivity contribution in [3.05, 3.63) is 47.3 Å². The first-order chi connectivity index (χ1) is 12.9. The van der Waals surface area contributed by atoms with Crippen molar-refractivity contribution in [1.82, 2.24) is 9.47 Å². The van der Waals surface area contributed by atoms with Crippen LogP contribution in [0.5, 0.6) is 5.75 Å². The zero-order valence-electron chi connectivity index (χ0n) is 15.9. The molecule has 1 fully saturated rings. The highest BCUT2D eigenvalue weighted by atomic mass is 16.5. The Morgan fingerprint density at radius 2 is 1.74 bits per heavy atom. The molecule has 0 atom stereocenters. The molecule has 0 spiro atoms. The molecule has 7 nitrogen and oxygen atoms in total. The average molecular weight is 371 g/mol. The zero-order chi connectivity index (χ0) is 19.6. The predicted molar refractivity (Wildman–Crippen MR) is 103 cm³/mol. The van der Waals surface area contributed by atoms with Gasteiger partial charge in [-0.2, -0.15) is 0 Å². The summed E-state index contributed by atoms with van der Waals surface area (Å²) in [6.45, 7) is 4.49. The number of ether oxygens (including phenoxy) is 1. The van der Waals surface area contributed by atoms with Crippen molar-refractivity contribution >= 4 is 17.6 Å². The van der Waals surface area contributed by atoms with Crippen LogP contribution >= 0.6 is 0 Å². The van der Waals surface area contributed by atoms with Crippen LogP contribution < -0.4 is 9.64 Å². The predicted octanol–water partition coefficient (Wildman–Crippen LogP) is 1.93. The van der Waals surface area contributed by atoms with Gasteiger partial charge in [-0.15, -0.1) is 0 Å². The number of carbonyl (C=O) groups excluding carboxylic acids is 1. The molecule has 0 bridgehead atoms. The minimum absolute atomic E-state index is 0.0342. The lowest BCUT2D eigenvalue weighted by Crippen LogP contribution is -2.49. The van der Waals surface area contributed by atoms with Crippen molar-refractivity contribution in [2.75, 3.05) is 38.2 Å². The molecular formula is C20H25N3O4. The van der Waals surface area contributed by atoms with Crippen molar-refractivity contribution in [3.8, 4) is 5.75 Å². The smallest absolute Gasteiger partial charge is 0.337 e. The number of nitrogens with zero attached hydrogens (tertiary/aromatic N) is 3. The third kappa shape index (κ3) is 3.92. The summed E-state index contributed by atoms with van der Waals surface area (Å²) in [6, 6.07) is 7.89. The maximum Gasteiger partial charge on any atom is 0.337 e. The third-order valence-electron chi connectivity index (χ3n) is 5.10. The molecule has 0 aliphatic carbocycles. The second-order valence-electron chi connectivity index (χ2n) is 6.79. The molecule has 1 saturated heterocycles. The van der Waals surface area contributed by atoms with Crippen LogP contribution in [0, 0.1) is 6.92 Å². The second-order valence-corrected chi connectivity index (χ2v) is 6.79. The number of aromatic nitrogens is 1. The quantitative estimate of drug-likeness (QED) is 0.869. The monoisotopic (exact) mass is 371 g/mol. The van der Waals surface area contributed by atoms with Crippen LogP contribution in [-0.2, 0) is 18.3 Å². The van der Waals surface area contributed by atoms with Crippen LogP contribution in [0.15, 0.2) is 30.5 Å². The number of carbonyl (C=O) groups is 2. The van der Waals surface area contributed by atoms with Gasteiger partial charge in [-0.3, -0.25) is 4.79 Å². The van der Waals surface area contributed by atoms with Gasteiger partial charge in [0.2, 0.25) is 5.91 Å². The van der Waals surface area contributed by atoms with E-state index in [1.165, 1.54) is 0 Å². The number of amides is 1. The Hall–Kier alpha value is -2.96. The molecule has 2 heterocycles. The Labute approximate surface area is 158 Å². The molecule has 0 unspecified atom stereocenters. The van der Waals surface area contributed by atoms with Gasteiger partial charge in [0.1, 0.15) is 5.75 Å². The van der Waals surface area contributed by atoms with Crippen molar-refractivity contribution in [1.29, 1.82) is 0 Å². The molecule has 144 valence electrons. The largest absolute Gasteiger partial charge is 0.497 e. The van der Waals surface area contributed by atoms with Crippen LogP contribution in [0.4, 0.5) is 5.69 Å². The molecule has 1 aromatic carbocycles. The molecular weight excluding hydrogens is 346 g/mol. The van der Waals surface area contributed by atoms with Gasteiger partial charge >= 0.3 is 5.97 Å². The fourth-order valence-electron chi connectivity index (χ4n) is 3.60. The normalized spacial score (nSPS) is 14.3. The molecule has 1 amide bonds. The van der Waals surface area contributed by atoms with E-state index in [9.17, 15) is 14.7 Å². The van der Waals surface area contributed by atoms with Crippen LogP contribution in [0.2, 0.25) is 0 Å². The minimum Gasteiger partial charge on any atom is -0.497 e. The Morgan fingerprint density at radius 3 is 2.30 bits per heavy atom. The van der Waals surface area contributed by atoms with Gasteiger partial charge in [0.15, 0.2) is 0 Å². The summed E-state index contributed by atoms with van der Waals surface area (Å²) >= 11 is 0. The van der Waals surface area contributed by atoms with Gasteiger partial charge in [0.25, 0.3) is 0 Å². The van der Waals surface area contributed by atoms with Gasteiger partial charge in [-0.05, 0) is 36.8 Å². The Kier molecular flexibility index (Phi) is 5.39. The number of hydrogen-bond donors (Lipinski definition) is 1. The third-order valence-corrected chi connectivity index (χ3v) is 5.10. The fraction of sp³-hybridized carbons (Fsp3) is 0.400. The fourth-order valence-corrected chi connectivity index (χ4v) is 3.60. The summed E-state index contributed by atoms with van der Waals surface area (Å²) < 4.78 is 6.92. The molecule has 3 rings (SSSR count). The van der Waals surface area contributed by atoms with Gasteiger partial charge in [-0.1, -0.05) is 0 Å². The number of aromatic carboxylic acids is 1. The number of carboxylic acid groups (broad SMARTS) is 1. The van der Waals surface area contributed by atoms with Gasteiger partial charge in [-0.25, -0.2) is 4.79 Å². The van der Waals surface area contributed by atoms with E-state index in [1.54, 1.807) is 31.8 Å². The van der Waals surface area contributed by atoms with E-state index in [0.717, 1.165) is 24.5 Å². The summed E-state index contributed by atoms with van der Waals surface area (Å²) in [7, 11) is 3.42. The van der Waals surface area contributed by atoms with Crippen molar-refractivity contribution < 1.29 is 19.4 Å². The summed E-state index contributed by atoms with van der Waals surface area (Å²) in [4.78, 5) is 28.3. The van der Waals surface area contributed by atoms with Crippen LogP contribution in [0.3, 0.4) is 0 Å². The van der Waals surface area contributed by atoms with Gasteiger partial charge in [0.05, 0.1) is 19.1 Å². The SMILES string of the molecule is COc1ccc(N2CCN(C(=O)Cc3c(C(=O)O)c(C)cn3C)CC2)cc1. The van der Waals surface area contributed by atoms with E-state index < -0.39 is 5.97 Å². The van der Waals surface area contributed by atoms with Crippen LogP contribution in [0.1, 0.15) is 21.6 Å². The molecule has 1 aliphatic heterocycles. The minimum atomic E-state index is -0.986. The lowest BCUT2D eigenvalue weighted by Gasteiger charge is -2.36. The maximum absolute atomic E-state index is 12.7. The van der Waals surface area contributed by atoms with E-state index in [4.69, 9.17) is 4.74 Å². The van der Waals surface area contributed by atoms with E-state index in [-0.39, 0.29) is 17.9 Å². The number of hydrogen-bond acceptors (Lipinski definition) is 4. The van der Waals surface area contributed by atoms with Crippen molar-refractivity contribution in [3.63, 3.8) is 0 Å². The topological polar surface area (TPSA) is 75.0 Å². The molecule has 1 aromatic heterocycles. The summed E-state index contributed by atoms with van der Waals surface area (Å²) in [5, 5.41) is 9.43. The summed E-state index contributed by atoms with van der Waals surface area (Å²) in [5.74, 6) is -0.201. The highest BCUT2D eigenvalue weighted by Gasteiger charge is 2.25. The highest BCUT2D eigenvalue weighted by molar-refractivity contribution is 5.93. The molecule has 27 heavy (non-hydrogen) atoms. The first-order valence-corrected chi connectivity index (χ1v) is 8.95. The van der Waals surface area contributed by atoms with Gasteiger partial charge < -0.3 is 24.2 Å². The molecule has 0 saturated carbocycles. The lowest BCUT2D eigenvalue weighted by atomic mass is 10.1. The molecule has 0 radical (unpaired) electrons. The van der Waals surface area contributed by atoms with Crippen LogP contribution in [0.25, 0.3) is 0 Å². The number of rotatable bonds is 5. The van der Waals surface area contributed by atoms with Crippen LogP contribution in [-0.4, -0.2) is 59.7 Å². The number of piperazine rings is 1. The second kappa shape index (κ2) is 7.73. The molecule has 1 N–H and O–H groups in total. The number of carboxylic acids is 1. The van der Waals surface area contributed by atoms with E-state index >= 15 is 0 Å². The number of methoxy groups -OCH3 is 1. The maximum atomic E-state index is 12.7. The first kappa shape index (κ1) is 18.8. The number of benzene rings is 1. The van der Waals surface area contributed by atoms with Gasteiger partial charge in [0, 0.05) is 50.8 Å². The number of anilines is 1. The van der Waals surface area contributed by atoms with E-state index in [2.05, 4.69) is 4.90 Å². The zero-order valence-corrected chi connectivity index (χ0v) is 15.9.